The topological polar surface area (TPSA) is 71.8 Å². The van der Waals surface area contributed by atoms with Gasteiger partial charge >= 0.3 is 0 Å². The molecule has 2 amide bonds. The van der Waals surface area contributed by atoms with Crippen LogP contribution >= 0.6 is 0 Å². The second-order valence-electron chi connectivity index (χ2n) is 10.3. The lowest BCUT2D eigenvalue weighted by atomic mass is 10.0. The van der Waals surface area contributed by atoms with Crippen molar-refractivity contribution >= 4 is 12.3 Å². The first-order chi connectivity index (χ1) is 18.7. The van der Waals surface area contributed by atoms with Gasteiger partial charge in [-0.3, -0.25) is 14.4 Å². The molecule has 0 bridgehead atoms. The maximum absolute atomic E-state index is 12.2. The van der Waals surface area contributed by atoms with Crippen LogP contribution in [0.4, 0.5) is 0 Å². The van der Waals surface area contributed by atoms with Crippen LogP contribution in [0.25, 0.3) is 0 Å². The van der Waals surface area contributed by atoms with E-state index in [0.29, 0.717) is 39.1 Å². The summed E-state index contributed by atoms with van der Waals surface area (Å²) in [6.07, 6.45) is 25.7. The van der Waals surface area contributed by atoms with Crippen molar-refractivity contribution in [2.24, 2.45) is 0 Å². The molecule has 0 saturated carbocycles. The first-order valence-corrected chi connectivity index (χ1v) is 15.3. The molecule has 1 aromatic rings. The van der Waals surface area contributed by atoms with E-state index < -0.39 is 6.10 Å². The summed E-state index contributed by atoms with van der Waals surface area (Å²) < 4.78 is 7.71. The Morgan fingerprint density at radius 1 is 0.821 bits per heavy atom. The first-order valence-electron chi connectivity index (χ1n) is 15.3. The maximum atomic E-state index is 12.2. The van der Waals surface area contributed by atoms with Gasteiger partial charge in [-0.05, 0) is 6.42 Å². The lowest BCUT2D eigenvalue weighted by molar-refractivity contribution is -0.697. The van der Waals surface area contributed by atoms with Gasteiger partial charge in [0, 0.05) is 38.8 Å². The van der Waals surface area contributed by atoms with E-state index in [0.717, 1.165) is 6.42 Å². The van der Waals surface area contributed by atoms with Crippen LogP contribution < -0.4 is 22.3 Å². The molecule has 0 fully saturated rings. The van der Waals surface area contributed by atoms with E-state index in [1.165, 1.54) is 101 Å². The molecule has 0 spiro atoms. The molecule has 0 aromatic carbocycles. The Kier molecular flexibility index (Phi) is 26.6. The lowest BCUT2D eigenvalue weighted by Gasteiger charge is -2.22. The van der Waals surface area contributed by atoms with Crippen molar-refractivity contribution < 1.29 is 36.1 Å². The fraction of sp³-hybridized carbons (Fsp3) is 0.774. The maximum Gasteiger partial charge on any atom is 0.251 e. The molecule has 0 aliphatic heterocycles. The highest BCUT2D eigenvalue weighted by atomic mass is 35.5. The van der Waals surface area contributed by atoms with Crippen LogP contribution in [-0.2, 0) is 25.7 Å². The van der Waals surface area contributed by atoms with Crippen LogP contribution in [0.15, 0.2) is 30.6 Å². The summed E-state index contributed by atoms with van der Waals surface area (Å²) in [7, 11) is 1.57. The number of nitrogens with zero attached hydrogens (tertiary/aromatic N) is 2. The smallest absolute Gasteiger partial charge is 0.251 e. The van der Waals surface area contributed by atoms with Crippen LogP contribution in [0.1, 0.15) is 116 Å². The molecule has 0 aliphatic carbocycles. The Morgan fingerprint density at radius 2 is 1.33 bits per heavy atom. The molecule has 8 heteroatoms. The number of carbonyl (C=O) groups is 2. The van der Waals surface area contributed by atoms with Crippen LogP contribution in [-0.4, -0.2) is 50.3 Å². The zero-order valence-electron chi connectivity index (χ0n) is 24.8. The number of hydrogen-bond donors (Lipinski definition) is 1. The fourth-order valence-corrected chi connectivity index (χ4v) is 4.53. The van der Waals surface area contributed by atoms with Crippen molar-refractivity contribution in [3.05, 3.63) is 30.6 Å². The normalized spacial score (nSPS) is 11.5. The molecule has 1 unspecified atom stereocenters. The number of rotatable bonds is 27. The van der Waals surface area contributed by atoms with Gasteiger partial charge in [0.15, 0.2) is 25.0 Å². The number of amides is 2. The molecule has 1 atom stereocenters. The standard InChI is InChI=1S/C31H55N3O4.ClH/c1-3-4-5-6-7-8-9-10-11-12-13-14-15-16-17-21-27-37-28-22-30(31(36)32-2)38-34(29-35)26-25-33-23-19-18-20-24-33;/h18-20,23-24,29-30H,3-17,21-22,25-28H2,1-2H3;1H. The molecule has 1 rings (SSSR count). The Bertz CT molecular complexity index is 681. The van der Waals surface area contributed by atoms with Crippen molar-refractivity contribution in [1.29, 1.82) is 0 Å². The van der Waals surface area contributed by atoms with E-state index in [2.05, 4.69) is 12.2 Å². The molecule has 0 radical (unpaired) electrons. The van der Waals surface area contributed by atoms with Gasteiger partial charge in [-0.25, -0.2) is 9.63 Å². The zero-order valence-corrected chi connectivity index (χ0v) is 25.6. The minimum absolute atomic E-state index is 0. The second kappa shape index (κ2) is 27.9. The van der Waals surface area contributed by atoms with Gasteiger partial charge in [-0.15, -0.1) is 0 Å². The number of pyridine rings is 1. The summed E-state index contributed by atoms with van der Waals surface area (Å²) in [5.41, 5.74) is 0. The Labute approximate surface area is 244 Å². The van der Waals surface area contributed by atoms with Crippen LogP contribution in [0.2, 0.25) is 0 Å². The molecule has 1 aromatic heterocycles. The summed E-state index contributed by atoms with van der Waals surface area (Å²) in [5, 5.41) is 3.80. The minimum atomic E-state index is -0.753. The summed E-state index contributed by atoms with van der Waals surface area (Å²) in [6, 6.07) is 5.79. The molecule has 1 N–H and O–H groups in total. The Hall–Kier alpha value is -1.70. The fourth-order valence-electron chi connectivity index (χ4n) is 4.53. The second-order valence-corrected chi connectivity index (χ2v) is 10.3. The molecular formula is C31H56ClN3O4. The van der Waals surface area contributed by atoms with Crippen molar-refractivity contribution in [3.8, 4) is 0 Å². The van der Waals surface area contributed by atoms with E-state index in [9.17, 15) is 9.59 Å². The van der Waals surface area contributed by atoms with Crippen LogP contribution in [0.5, 0.6) is 0 Å². The summed E-state index contributed by atoms with van der Waals surface area (Å²) in [4.78, 5) is 29.3. The van der Waals surface area contributed by atoms with Gasteiger partial charge in [0.05, 0.1) is 0 Å². The third kappa shape index (κ3) is 21.8. The monoisotopic (exact) mass is 569 g/mol. The SMILES string of the molecule is CCCCCCCCCCCCCCCCCCOCCC(ON(C=O)CC[n+]1ccccc1)C(=O)NC.[Cl-]. The molecule has 0 saturated heterocycles. The highest BCUT2D eigenvalue weighted by Crippen LogP contribution is 2.14. The van der Waals surface area contributed by atoms with E-state index in [1.54, 1.807) is 7.05 Å². The van der Waals surface area contributed by atoms with Crippen molar-refractivity contribution in [2.45, 2.75) is 129 Å². The molecular weight excluding hydrogens is 514 g/mol. The predicted octanol–water partition coefficient (Wildman–Crippen LogP) is 3.15. The van der Waals surface area contributed by atoms with E-state index in [4.69, 9.17) is 9.57 Å². The first kappa shape index (κ1) is 37.3. The molecule has 39 heavy (non-hydrogen) atoms. The number of aromatic nitrogens is 1. The number of ether oxygens (including phenoxy) is 1. The average molecular weight is 570 g/mol. The Morgan fingerprint density at radius 3 is 1.82 bits per heavy atom. The molecule has 0 aliphatic rings. The zero-order chi connectivity index (χ0) is 27.5. The van der Waals surface area contributed by atoms with E-state index in [-0.39, 0.29) is 18.3 Å². The summed E-state index contributed by atoms with van der Waals surface area (Å²) in [6.45, 7) is 4.33. The van der Waals surface area contributed by atoms with Crippen LogP contribution in [0, 0.1) is 0 Å². The predicted molar refractivity (Wildman–Crippen MR) is 153 cm³/mol. The number of carbonyl (C=O) groups excluding carboxylic acids is 2. The molecule has 1 heterocycles. The number of halogens is 1. The summed E-state index contributed by atoms with van der Waals surface area (Å²) >= 11 is 0. The minimum Gasteiger partial charge on any atom is -1.00 e. The lowest BCUT2D eigenvalue weighted by Crippen LogP contribution is -3.00. The number of hydrogen-bond acceptors (Lipinski definition) is 4. The quantitative estimate of drug-likeness (QED) is 0.0765. The number of nitrogens with one attached hydrogen (secondary N) is 1. The van der Waals surface area contributed by atoms with Gasteiger partial charge in [0.1, 0.15) is 6.54 Å². The largest absolute Gasteiger partial charge is 1.00 e. The van der Waals surface area contributed by atoms with E-state index >= 15 is 0 Å². The van der Waals surface area contributed by atoms with Gasteiger partial charge in [-0.2, -0.15) is 0 Å². The highest BCUT2D eigenvalue weighted by molar-refractivity contribution is 5.80. The molecule has 7 nitrogen and oxygen atoms in total. The van der Waals surface area contributed by atoms with Crippen molar-refractivity contribution in [2.75, 3.05) is 26.8 Å². The van der Waals surface area contributed by atoms with Gasteiger partial charge in [0.2, 0.25) is 6.41 Å². The van der Waals surface area contributed by atoms with Gasteiger partial charge < -0.3 is 22.5 Å². The number of likely N-dealkylation sites (N-methyl/N-ethyl adjacent to an activating group) is 1. The third-order valence-electron chi connectivity index (χ3n) is 6.94. The number of hydroxylamine groups is 2. The Balaban J connectivity index is 0.0000144. The van der Waals surface area contributed by atoms with Crippen molar-refractivity contribution in [3.63, 3.8) is 0 Å². The third-order valence-corrected chi connectivity index (χ3v) is 6.94. The molecule has 226 valence electrons. The van der Waals surface area contributed by atoms with Gasteiger partial charge in [0.25, 0.3) is 5.91 Å². The van der Waals surface area contributed by atoms with E-state index in [1.807, 2.05) is 35.2 Å². The summed E-state index contributed by atoms with van der Waals surface area (Å²) in [5.74, 6) is -0.254. The van der Waals surface area contributed by atoms with Crippen LogP contribution in [0.3, 0.4) is 0 Å². The highest BCUT2D eigenvalue weighted by Gasteiger charge is 2.22. The number of unbranched alkanes of at least 4 members (excludes halogenated alkanes) is 15. The van der Waals surface area contributed by atoms with Gasteiger partial charge in [-0.1, -0.05) is 109 Å². The van der Waals surface area contributed by atoms with Crippen molar-refractivity contribution in [1.82, 2.24) is 10.4 Å². The average Bonchev–Trinajstić information content (AvgIpc) is 2.95.